The first-order valence-corrected chi connectivity index (χ1v) is 7.38. The van der Waals surface area contributed by atoms with Crippen LogP contribution in [-0.4, -0.2) is 62.7 Å². The second-order valence-electron chi connectivity index (χ2n) is 6.01. The van der Waals surface area contributed by atoms with Gasteiger partial charge in [-0.3, -0.25) is 4.90 Å². The molecule has 0 aliphatic carbocycles. The topological polar surface area (TPSA) is 69.6 Å². The fraction of sp³-hybridized carbons (Fsp3) is 0.643. The van der Waals surface area contributed by atoms with Crippen LogP contribution in [0.2, 0.25) is 5.28 Å². The van der Waals surface area contributed by atoms with Crippen LogP contribution in [0.4, 0.5) is 4.79 Å². The van der Waals surface area contributed by atoms with Crippen LogP contribution in [0.5, 0.6) is 0 Å². The lowest BCUT2D eigenvalue weighted by Crippen LogP contribution is -2.56. The number of hydrogen-bond acceptors (Lipinski definition) is 4. The molecule has 1 fully saturated rings. The maximum atomic E-state index is 11.0. The molecule has 2 rings (SSSR count). The smallest absolute Gasteiger partial charge is 0.407 e. The van der Waals surface area contributed by atoms with Crippen molar-refractivity contribution >= 4 is 17.7 Å². The molecule has 21 heavy (non-hydrogen) atoms. The van der Waals surface area contributed by atoms with E-state index >= 15 is 0 Å². The van der Waals surface area contributed by atoms with Crippen molar-refractivity contribution in [3.8, 4) is 0 Å². The molecule has 1 aliphatic rings. The SMILES string of the molecule is Cc1cnc(Cl)nc1CC(C)(C)N1CCN(C(=O)O)CC1. The van der Waals surface area contributed by atoms with Gasteiger partial charge in [-0.1, -0.05) is 0 Å². The maximum Gasteiger partial charge on any atom is 0.407 e. The molecule has 1 N–H and O–H groups in total. The number of nitrogens with zero attached hydrogens (tertiary/aromatic N) is 4. The van der Waals surface area contributed by atoms with Crippen LogP contribution in [0.3, 0.4) is 0 Å². The first-order valence-electron chi connectivity index (χ1n) is 7.00. The van der Waals surface area contributed by atoms with E-state index in [2.05, 4.69) is 28.7 Å². The minimum absolute atomic E-state index is 0.104. The summed E-state index contributed by atoms with van der Waals surface area (Å²) in [5, 5.41) is 9.27. The van der Waals surface area contributed by atoms with Gasteiger partial charge >= 0.3 is 6.09 Å². The molecule has 2 heterocycles. The molecule has 1 aromatic rings. The van der Waals surface area contributed by atoms with Gasteiger partial charge in [-0.15, -0.1) is 0 Å². The maximum absolute atomic E-state index is 11.0. The van der Waals surface area contributed by atoms with Crippen molar-refractivity contribution < 1.29 is 9.90 Å². The first kappa shape index (κ1) is 16.0. The van der Waals surface area contributed by atoms with Crippen molar-refractivity contribution in [1.29, 1.82) is 0 Å². The monoisotopic (exact) mass is 312 g/mol. The van der Waals surface area contributed by atoms with Crippen molar-refractivity contribution in [2.45, 2.75) is 32.7 Å². The van der Waals surface area contributed by atoms with E-state index in [9.17, 15) is 4.79 Å². The van der Waals surface area contributed by atoms with Crippen molar-refractivity contribution in [1.82, 2.24) is 19.8 Å². The van der Waals surface area contributed by atoms with Crippen LogP contribution in [0.25, 0.3) is 0 Å². The second kappa shape index (κ2) is 6.15. The van der Waals surface area contributed by atoms with Crippen LogP contribution in [0, 0.1) is 6.92 Å². The average molecular weight is 313 g/mol. The molecular formula is C14H21ClN4O2. The van der Waals surface area contributed by atoms with E-state index in [1.165, 1.54) is 4.90 Å². The summed E-state index contributed by atoms with van der Waals surface area (Å²) in [5.74, 6) is 0. The first-order chi connectivity index (χ1) is 9.79. The number of aromatic nitrogens is 2. The molecule has 0 atom stereocenters. The van der Waals surface area contributed by atoms with Gasteiger partial charge < -0.3 is 10.0 Å². The number of halogens is 1. The summed E-state index contributed by atoms with van der Waals surface area (Å²) in [7, 11) is 0. The minimum Gasteiger partial charge on any atom is -0.465 e. The Morgan fingerprint density at radius 2 is 2.00 bits per heavy atom. The molecule has 0 spiro atoms. The van der Waals surface area contributed by atoms with Gasteiger partial charge in [-0.25, -0.2) is 14.8 Å². The predicted octanol–water partition coefficient (Wildman–Crippen LogP) is 2.06. The number of carboxylic acid groups (broad SMARTS) is 1. The molecule has 0 unspecified atom stereocenters. The third kappa shape index (κ3) is 3.83. The lowest BCUT2D eigenvalue weighted by Gasteiger charge is -2.43. The number of carbonyl (C=O) groups is 1. The van der Waals surface area contributed by atoms with E-state index in [0.717, 1.165) is 30.8 Å². The Balaban J connectivity index is 2.05. The standard InChI is InChI=1S/C14H21ClN4O2/c1-10-9-16-12(15)17-11(10)8-14(2,3)19-6-4-18(5-7-19)13(20)21/h9H,4-8H2,1-3H3,(H,20,21). The zero-order chi connectivity index (χ0) is 15.6. The van der Waals surface area contributed by atoms with Crippen LogP contribution < -0.4 is 0 Å². The van der Waals surface area contributed by atoms with Gasteiger partial charge in [0.2, 0.25) is 5.28 Å². The Bertz CT molecular complexity index is 528. The quantitative estimate of drug-likeness (QED) is 0.865. The summed E-state index contributed by atoms with van der Waals surface area (Å²) in [6.07, 6.45) is 1.66. The molecule has 0 saturated carbocycles. The van der Waals surface area contributed by atoms with E-state index in [-0.39, 0.29) is 10.8 Å². The molecular weight excluding hydrogens is 292 g/mol. The number of hydrogen-bond donors (Lipinski definition) is 1. The van der Waals surface area contributed by atoms with Crippen molar-refractivity contribution in [3.63, 3.8) is 0 Å². The molecule has 1 saturated heterocycles. The Hall–Kier alpha value is -1.40. The normalized spacial score (nSPS) is 17.0. The molecule has 1 amide bonds. The van der Waals surface area contributed by atoms with Crippen LogP contribution in [0.1, 0.15) is 25.1 Å². The van der Waals surface area contributed by atoms with Gasteiger partial charge in [0.05, 0.1) is 5.69 Å². The minimum atomic E-state index is -0.842. The largest absolute Gasteiger partial charge is 0.465 e. The molecule has 6 nitrogen and oxygen atoms in total. The molecule has 7 heteroatoms. The molecule has 1 aliphatic heterocycles. The Kier molecular flexibility index (Phi) is 4.68. The lowest BCUT2D eigenvalue weighted by atomic mass is 9.93. The summed E-state index contributed by atoms with van der Waals surface area (Å²) in [5.41, 5.74) is 1.87. The van der Waals surface area contributed by atoms with Crippen LogP contribution in [-0.2, 0) is 6.42 Å². The number of rotatable bonds is 3. The third-order valence-corrected chi connectivity index (χ3v) is 4.24. The highest BCUT2D eigenvalue weighted by molar-refractivity contribution is 6.28. The van der Waals surface area contributed by atoms with Crippen LogP contribution >= 0.6 is 11.6 Å². The number of piperazine rings is 1. The van der Waals surface area contributed by atoms with Crippen molar-refractivity contribution in [3.05, 3.63) is 22.7 Å². The summed E-state index contributed by atoms with van der Waals surface area (Å²) < 4.78 is 0. The van der Waals surface area contributed by atoms with Crippen molar-refractivity contribution in [2.24, 2.45) is 0 Å². The predicted molar refractivity (Wildman–Crippen MR) is 80.7 cm³/mol. The molecule has 0 radical (unpaired) electrons. The zero-order valence-electron chi connectivity index (χ0n) is 12.6. The van der Waals surface area contributed by atoms with Crippen LogP contribution in [0.15, 0.2) is 6.20 Å². The number of aryl methyl sites for hydroxylation is 1. The summed E-state index contributed by atoms with van der Waals surface area (Å²) in [6, 6.07) is 0. The number of amides is 1. The van der Waals surface area contributed by atoms with E-state index in [1.54, 1.807) is 6.20 Å². The fourth-order valence-corrected chi connectivity index (χ4v) is 2.81. The average Bonchev–Trinajstić information content (AvgIpc) is 2.43. The van der Waals surface area contributed by atoms with Crippen molar-refractivity contribution in [2.75, 3.05) is 26.2 Å². The van der Waals surface area contributed by atoms with Gasteiger partial charge in [0.1, 0.15) is 0 Å². The summed E-state index contributed by atoms with van der Waals surface area (Å²) >= 11 is 5.88. The molecule has 0 aromatic carbocycles. The van der Waals surface area contributed by atoms with E-state index in [4.69, 9.17) is 16.7 Å². The molecule has 1 aromatic heterocycles. The van der Waals surface area contributed by atoms with Gasteiger partial charge in [0.25, 0.3) is 0 Å². The van der Waals surface area contributed by atoms with E-state index in [1.807, 2.05) is 6.92 Å². The Morgan fingerprint density at radius 1 is 1.38 bits per heavy atom. The highest BCUT2D eigenvalue weighted by Gasteiger charge is 2.32. The highest BCUT2D eigenvalue weighted by atomic mass is 35.5. The summed E-state index contributed by atoms with van der Waals surface area (Å²) in [4.78, 5) is 23.0. The summed E-state index contributed by atoms with van der Waals surface area (Å²) in [6.45, 7) is 8.83. The zero-order valence-corrected chi connectivity index (χ0v) is 13.4. The van der Waals surface area contributed by atoms with E-state index in [0.29, 0.717) is 13.1 Å². The molecule has 116 valence electrons. The highest BCUT2D eigenvalue weighted by Crippen LogP contribution is 2.23. The van der Waals surface area contributed by atoms with Gasteiger partial charge in [0.15, 0.2) is 0 Å². The molecule has 0 bridgehead atoms. The Morgan fingerprint density at radius 3 is 2.57 bits per heavy atom. The third-order valence-electron chi connectivity index (χ3n) is 4.05. The van der Waals surface area contributed by atoms with Gasteiger partial charge in [-0.05, 0) is 37.9 Å². The fourth-order valence-electron chi connectivity index (χ4n) is 2.66. The Labute approximate surface area is 129 Å². The van der Waals surface area contributed by atoms with Gasteiger partial charge in [0, 0.05) is 44.3 Å². The van der Waals surface area contributed by atoms with Gasteiger partial charge in [-0.2, -0.15) is 0 Å². The lowest BCUT2D eigenvalue weighted by molar-refractivity contribution is 0.0509. The van der Waals surface area contributed by atoms with E-state index < -0.39 is 6.09 Å². The second-order valence-corrected chi connectivity index (χ2v) is 6.35.